The fraction of sp³-hybridized carbons (Fsp3) is 0.588. The molecule has 116 valence electrons. The first-order chi connectivity index (χ1) is 10.1. The van der Waals surface area contributed by atoms with Gasteiger partial charge in [-0.05, 0) is 43.4 Å². The number of carbonyl (C=O) groups is 1. The lowest BCUT2D eigenvalue weighted by molar-refractivity contribution is -0.134. The van der Waals surface area contributed by atoms with Crippen molar-refractivity contribution in [2.45, 2.75) is 51.6 Å². The van der Waals surface area contributed by atoms with Gasteiger partial charge in [-0.15, -0.1) is 0 Å². The highest BCUT2D eigenvalue weighted by Crippen LogP contribution is 2.29. The van der Waals surface area contributed by atoms with Gasteiger partial charge in [-0.3, -0.25) is 4.79 Å². The molecule has 0 spiro atoms. The summed E-state index contributed by atoms with van der Waals surface area (Å²) in [5.41, 5.74) is 0.743. The number of Topliss-reactive ketones (excluding diaryl/α,β-unsaturated/α-hetero) is 1. The number of rotatable bonds is 6. The first-order valence-corrected chi connectivity index (χ1v) is 8.08. The highest BCUT2D eigenvalue weighted by atomic mass is 35.5. The first-order valence-electron chi connectivity index (χ1n) is 7.70. The summed E-state index contributed by atoms with van der Waals surface area (Å²) in [6, 6.07) is 4.45. The molecule has 0 saturated heterocycles. The molecule has 1 unspecified atom stereocenters. The Morgan fingerprint density at radius 1 is 1.38 bits per heavy atom. The average molecular weight is 313 g/mol. The van der Waals surface area contributed by atoms with E-state index in [4.69, 9.17) is 16.3 Å². The number of ketones is 1. The molecule has 0 N–H and O–H groups in total. The average Bonchev–Trinajstić information content (AvgIpc) is 2.49. The molecule has 2 rings (SSSR count). The second kappa shape index (κ2) is 7.90. The minimum Gasteiger partial charge on any atom is -0.370 e. The van der Waals surface area contributed by atoms with Crippen molar-refractivity contribution in [2.24, 2.45) is 5.92 Å². The van der Waals surface area contributed by atoms with Gasteiger partial charge in [0.15, 0.2) is 5.78 Å². The molecule has 1 fully saturated rings. The molecule has 21 heavy (non-hydrogen) atoms. The van der Waals surface area contributed by atoms with Gasteiger partial charge in [0.2, 0.25) is 0 Å². The molecular weight excluding hydrogens is 291 g/mol. The van der Waals surface area contributed by atoms with Crippen molar-refractivity contribution in [2.75, 3.05) is 6.61 Å². The lowest BCUT2D eigenvalue weighted by Gasteiger charge is -2.29. The molecule has 1 aliphatic rings. The molecule has 0 aliphatic heterocycles. The molecule has 1 saturated carbocycles. The van der Waals surface area contributed by atoms with Crippen LogP contribution >= 0.6 is 11.6 Å². The van der Waals surface area contributed by atoms with Crippen LogP contribution in [0.15, 0.2) is 18.2 Å². The van der Waals surface area contributed by atoms with Gasteiger partial charge < -0.3 is 4.74 Å². The zero-order chi connectivity index (χ0) is 15.2. The third-order valence-electron chi connectivity index (χ3n) is 4.10. The molecule has 0 amide bonds. The molecule has 0 heterocycles. The molecule has 1 aliphatic carbocycles. The smallest absolute Gasteiger partial charge is 0.166 e. The second-order valence-electron chi connectivity index (χ2n) is 5.67. The molecular formula is C17H22ClFO2. The van der Waals surface area contributed by atoms with Crippen LogP contribution in [0.3, 0.4) is 0 Å². The van der Waals surface area contributed by atoms with E-state index in [-0.39, 0.29) is 23.3 Å². The number of carbonyl (C=O) groups excluding carboxylic acids is 1. The third kappa shape index (κ3) is 4.52. The van der Waals surface area contributed by atoms with E-state index in [1.165, 1.54) is 31.4 Å². The van der Waals surface area contributed by atoms with Crippen LogP contribution < -0.4 is 0 Å². The van der Waals surface area contributed by atoms with Gasteiger partial charge in [-0.2, -0.15) is 0 Å². The van der Waals surface area contributed by atoms with Crippen molar-refractivity contribution < 1.29 is 13.9 Å². The Morgan fingerprint density at radius 3 is 2.71 bits per heavy atom. The van der Waals surface area contributed by atoms with Gasteiger partial charge in [0.05, 0.1) is 5.02 Å². The van der Waals surface area contributed by atoms with Crippen molar-refractivity contribution in [1.29, 1.82) is 0 Å². The molecule has 0 radical (unpaired) electrons. The Bertz CT molecular complexity index is 484. The van der Waals surface area contributed by atoms with E-state index in [2.05, 4.69) is 0 Å². The topological polar surface area (TPSA) is 26.3 Å². The summed E-state index contributed by atoms with van der Waals surface area (Å²) in [6.45, 7) is 2.45. The first kappa shape index (κ1) is 16.4. The van der Waals surface area contributed by atoms with Gasteiger partial charge in [0, 0.05) is 13.0 Å². The number of benzene rings is 1. The second-order valence-corrected chi connectivity index (χ2v) is 6.07. The predicted octanol–water partition coefficient (Wildman–Crippen LogP) is 4.58. The highest BCUT2D eigenvalue weighted by Gasteiger charge is 2.29. The summed E-state index contributed by atoms with van der Waals surface area (Å²) in [6.07, 6.45) is 5.62. The predicted molar refractivity (Wildman–Crippen MR) is 82.1 cm³/mol. The SMILES string of the molecule is CCOC(C(=O)Cc1ccc(F)c(Cl)c1)C1CCCCC1. The van der Waals surface area contributed by atoms with Crippen molar-refractivity contribution in [3.8, 4) is 0 Å². The third-order valence-corrected chi connectivity index (χ3v) is 4.39. The van der Waals surface area contributed by atoms with Crippen LogP contribution in [0, 0.1) is 11.7 Å². The van der Waals surface area contributed by atoms with E-state index in [9.17, 15) is 9.18 Å². The molecule has 1 atom stereocenters. The monoisotopic (exact) mass is 312 g/mol. The Balaban J connectivity index is 2.05. The molecule has 4 heteroatoms. The Labute approximate surface area is 130 Å². The largest absolute Gasteiger partial charge is 0.370 e. The minimum atomic E-state index is -0.457. The molecule has 0 bridgehead atoms. The summed E-state index contributed by atoms with van der Waals surface area (Å²) in [4.78, 5) is 12.5. The molecule has 2 nitrogen and oxygen atoms in total. The van der Waals surface area contributed by atoms with Crippen LogP contribution in [0.1, 0.15) is 44.6 Å². The zero-order valence-corrected chi connectivity index (χ0v) is 13.2. The van der Waals surface area contributed by atoms with E-state index in [1.807, 2.05) is 6.92 Å². The van der Waals surface area contributed by atoms with Crippen molar-refractivity contribution in [1.82, 2.24) is 0 Å². The maximum absolute atomic E-state index is 13.2. The Kier molecular flexibility index (Phi) is 6.19. The van der Waals surface area contributed by atoms with E-state index in [0.717, 1.165) is 18.4 Å². The maximum Gasteiger partial charge on any atom is 0.166 e. The van der Waals surface area contributed by atoms with Crippen LogP contribution in [-0.2, 0) is 16.0 Å². The van der Waals surface area contributed by atoms with E-state index < -0.39 is 5.82 Å². The zero-order valence-electron chi connectivity index (χ0n) is 12.4. The highest BCUT2D eigenvalue weighted by molar-refractivity contribution is 6.30. The number of hydrogen-bond donors (Lipinski definition) is 0. The Hall–Kier alpha value is -0.930. The molecule has 0 aromatic heterocycles. The fourth-order valence-corrected chi connectivity index (χ4v) is 3.26. The summed E-state index contributed by atoms with van der Waals surface area (Å²) in [7, 11) is 0. The van der Waals surface area contributed by atoms with Crippen LogP contribution in [-0.4, -0.2) is 18.5 Å². The van der Waals surface area contributed by atoms with Crippen molar-refractivity contribution in [3.63, 3.8) is 0 Å². The lowest BCUT2D eigenvalue weighted by atomic mass is 9.82. The van der Waals surface area contributed by atoms with Crippen LogP contribution in [0.2, 0.25) is 5.02 Å². The van der Waals surface area contributed by atoms with Gasteiger partial charge in [-0.1, -0.05) is 36.9 Å². The minimum absolute atomic E-state index is 0.0610. The van der Waals surface area contributed by atoms with Crippen LogP contribution in [0.5, 0.6) is 0 Å². The van der Waals surface area contributed by atoms with E-state index >= 15 is 0 Å². The lowest BCUT2D eigenvalue weighted by Crippen LogP contribution is -2.35. The van der Waals surface area contributed by atoms with Crippen LogP contribution in [0.25, 0.3) is 0 Å². The summed E-state index contributed by atoms with van der Waals surface area (Å²) < 4.78 is 18.9. The number of halogens is 2. The van der Waals surface area contributed by atoms with Gasteiger partial charge in [0.1, 0.15) is 11.9 Å². The summed E-state index contributed by atoms with van der Waals surface area (Å²) in [5, 5.41) is 0.0610. The van der Waals surface area contributed by atoms with E-state index in [1.54, 1.807) is 6.07 Å². The van der Waals surface area contributed by atoms with Crippen LogP contribution in [0.4, 0.5) is 4.39 Å². The Morgan fingerprint density at radius 2 is 2.10 bits per heavy atom. The molecule has 1 aromatic rings. The van der Waals surface area contributed by atoms with Crippen molar-refractivity contribution >= 4 is 17.4 Å². The molecule has 1 aromatic carbocycles. The van der Waals surface area contributed by atoms with Crippen molar-refractivity contribution in [3.05, 3.63) is 34.6 Å². The number of hydrogen-bond acceptors (Lipinski definition) is 2. The summed E-state index contributed by atoms with van der Waals surface area (Å²) >= 11 is 5.77. The summed E-state index contributed by atoms with van der Waals surface area (Å²) in [5.74, 6) is -0.0601. The maximum atomic E-state index is 13.2. The normalized spacial score (nSPS) is 17.7. The van der Waals surface area contributed by atoms with Gasteiger partial charge in [0.25, 0.3) is 0 Å². The van der Waals surface area contributed by atoms with E-state index in [0.29, 0.717) is 12.5 Å². The standard InChI is InChI=1S/C17H22ClFO2/c1-2-21-17(13-6-4-3-5-7-13)16(20)11-12-8-9-15(19)14(18)10-12/h8-10,13,17H,2-7,11H2,1H3. The van der Waals surface area contributed by atoms with Gasteiger partial charge >= 0.3 is 0 Å². The van der Waals surface area contributed by atoms with Gasteiger partial charge in [-0.25, -0.2) is 4.39 Å². The quantitative estimate of drug-likeness (QED) is 0.768. The number of ether oxygens (including phenoxy) is 1. The fourth-order valence-electron chi connectivity index (χ4n) is 3.06.